The summed E-state index contributed by atoms with van der Waals surface area (Å²) in [5.41, 5.74) is 3.70. The summed E-state index contributed by atoms with van der Waals surface area (Å²) in [5, 5.41) is 2.74. The Balaban J connectivity index is 1.81. The van der Waals surface area contributed by atoms with Crippen LogP contribution in [0.1, 0.15) is 54.9 Å². The van der Waals surface area contributed by atoms with Gasteiger partial charge in [-0.25, -0.2) is 4.39 Å². The van der Waals surface area contributed by atoms with Gasteiger partial charge in [0.25, 0.3) is 0 Å². The average Bonchev–Trinajstić information content (AvgIpc) is 2.68. The van der Waals surface area contributed by atoms with E-state index in [1.54, 1.807) is 24.3 Å². The van der Waals surface area contributed by atoms with Gasteiger partial charge >= 0.3 is 0 Å². The molecule has 1 aliphatic rings. The second-order valence-electron chi connectivity index (χ2n) is 6.94. The van der Waals surface area contributed by atoms with Crippen LogP contribution in [0.4, 0.5) is 10.1 Å². The van der Waals surface area contributed by atoms with E-state index in [2.05, 4.69) is 41.1 Å². The van der Waals surface area contributed by atoms with Crippen LogP contribution in [0, 0.1) is 23.6 Å². The lowest BCUT2D eigenvalue weighted by atomic mass is 9.80. The number of hydrogen-bond donors (Lipinski definition) is 0. The molecule has 1 aliphatic carbocycles. The van der Waals surface area contributed by atoms with Crippen molar-refractivity contribution < 1.29 is 4.39 Å². The molecule has 4 heteroatoms. The van der Waals surface area contributed by atoms with E-state index in [0.717, 1.165) is 30.4 Å². The van der Waals surface area contributed by atoms with Crippen LogP contribution in [0.5, 0.6) is 0 Å². The highest BCUT2D eigenvalue weighted by Crippen LogP contribution is 2.31. The normalized spacial score (nSPS) is 15.3. The molecule has 0 radical (unpaired) electrons. The number of aliphatic imine (C=N–C) groups is 1. The third kappa shape index (κ3) is 4.85. The minimum atomic E-state index is -0.165. The molecule has 0 saturated carbocycles. The molecule has 2 aromatic rings. The molecule has 0 saturated heterocycles. The molecule has 2 aromatic carbocycles. The third-order valence-corrected chi connectivity index (χ3v) is 5.47. The highest BCUT2D eigenvalue weighted by Gasteiger charge is 2.22. The molecule has 0 aliphatic heterocycles. The molecule has 138 valence electrons. The zero-order chi connectivity index (χ0) is 19.2. The standard InChI is InChI=1S/C23H21ClFNS/c1-2-3-4-16-6-11-20-19(13-16)10-9-18(23(20)25)8-5-17-7-12-22(26-15-27)21(24)14-17/h7,9-10,12,14,16H,2-4,6,11,13H2,1H3. The minimum Gasteiger partial charge on any atom is -0.205 e. The highest BCUT2D eigenvalue weighted by molar-refractivity contribution is 7.78. The first-order valence-corrected chi connectivity index (χ1v) is 10.1. The first kappa shape index (κ1) is 19.8. The molecule has 3 rings (SSSR count). The average molecular weight is 398 g/mol. The molecule has 27 heavy (non-hydrogen) atoms. The number of fused-ring (bicyclic) bond motifs is 1. The molecule has 1 nitrogen and oxygen atoms in total. The van der Waals surface area contributed by atoms with Crippen LogP contribution in [-0.2, 0) is 12.8 Å². The summed E-state index contributed by atoms with van der Waals surface area (Å²) in [7, 11) is 0. The number of benzene rings is 2. The monoisotopic (exact) mass is 397 g/mol. The van der Waals surface area contributed by atoms with E-state index in [0.29, 0.717) is 27.8 Å². The summed E-state index contributed by atoms with van der Waals surface area (Å²) < 4.78 is 14.9. The van der Waals surface area contributed by atoms with Crippen molar-refractivity contribution in [1.82, 2.24) is 0 Å². The number of rotatable bonds is 4. The molecule has 0 amide bonds. The zero-order valence-corrected chi connectivity index (χ0v) is 16.9. The van der Waals surface area contributed by atoms with Gasteiger partial charge in [-0.05, 0) is 72.8 Å². The molecule has 1 atom stereocenters. The van der Waals surface area contributed by atoms with Crippen LogP contribution in [0.25, 0.3) is 0 Å². The van der Waals surface area contributed by atoms with Gasteiger partial charge in [0.1, 0.15) is 5.82 Å². The summed E-state index contributed by atoms with van der Waals surface area (Å²) in [6.45, 7) is 2.22. The summed E-state index contributed by atoms with van der Waals surface area (Å²) in [4.78, 5) is 3.88. The van der Waals surface area contributed by atoms with Crippen molar-refractivity contribution in [2.75, 3.05) is 0 Å². The fraction of sp³-hybridized carbons (Fsp3) is 0.348. The van der Waals surface area contributed by atoms with E-state index >= 15 is 0 Å². The summed E-state index contributed by atoms with van der Waals surface area (Å²) >= 11 is 10.7. The Hall–Kier alpha value is -1.98. The first-order chi connectivity index (χ1) is 13.1. The SMILES string of the molecule is CCCCC1CCc2c(ccc(C#Cc3ccc(N=C=S)c(Cl)c3)c2F)C1. The highest BCUT2D eigenvalue weighted by atomic mass is 35.5. The molecule has 1 unspecified atom stereocenters. The largest absolute Gasteiger partial charge is 0.205 e. The van der Waals surface area contributed by atoms with Gasteiger partial charge in [0.15, 0.2) is 0 Å². The second kappa shape index (κ2) is 9.29. The van der Waals surface area contributed by atoms with Crippen molar-refractivity contribution in [3.63, 3.8) is 0 Å². The topological polar surface area (TPSA) is 12.4 Å². The Morgan fingerprint density at radius 1 is 1.26 bits per heavy atom. The van der Waals surface area contributed by atoms with Crippen molar-refractivity contribution in [2.45, 2.75) is 45.4 Å². The predicted octanol–water partition coefficient (Wildman–Crippen LogP) is 6.91. The number of unbranched alkanes of at least 4 members (excludes halogenated alkanes) is 1. The molecule has 0 N–H and O–H groups in total. The van der Waals surface area contributed by atoms with Crippen molar-refractivity contribution >= 4 is 34.7 Å². The number of nitrogens with zero attached hydrogens (tertiary/aromatic N) is 1. The Labute approximate surface area is 170 Å². The number of thiocarbonyl (C=S) groups is 1. The van der Waals surface area contributed by atoms with E-state index in [1.165, 1.54) is 19.3 Å². The lowest BCUT2D eigenvalue weighted by molar-refractivity contribution is 0.405. The third-order valence-electron chi connectivity index (χ3n) is 5.07. The van der Waals surface area contributed by atoms with Gasteiger partial charge in [-0.1, -0.05) is 55.7 Å². The summed E-state index contributed by atoms with van der Waals surface area (Å²) in [6.07, 6.45) is 6.57. The van der Waals surface area contributed by atoms with Gasteiger partial charge in [0, 0.05) is 5.56 Å². The van der Waals surface area contributed by atoms with E-state index in [-0.39, 0.29) is 5.82 Å². The molecule has 0 heterocycles. The molecule has 0 aromatic heterocycles. The van der Waals surface area contributed by atoms with Crippen molar-refractivity contribution in [3.05, 3.63) is 63.4 Å². The minimum absolute atomic E-state index is 0.165. The van der Waals surface area contributed by atoms with Crippen molar-refractivity contribution in [2.24, 2.45) is 10.9 Å². The van der Waals surface area contributed by atoms with Crippen LogP contribution >= 0.6 is 23.8 Å². The number of hydrogen-bond acceptors (Lipinski definition) is 2. The smallest absolute Gasteiger partial charge is 0.142 e. The number of isothiocyanates is 1. The Morgan fingerprint density at radius 3 is 2.85 bits per heavy atom. The van der Waals surface area contributed by atoms with Gasteiger partial charge in [0.2, 0.25) is 0 Å². The van der Waals surface area contributed by atoms with E-state index in [4.69, 9.17) is 11.6 Å². The summed E-state index contributed by atoms with van der Waals surface area (Å²) in [6, 6.07) is 9.07. The van der Waals surface area contributed by atoms with Gasteiger partial charge in [0.05, 0.1) is 21.4 Å². The number of halogens is 2. The molecule has 0 bridgehead atoms. The van der Waals surface area contributed by atoms with Crippen LogP contribution in [-0.4, -0.2) is 5.16 Å². The van der Waals surface area contributed by atoms with Gasteiger partial charge in [-0.3, -0.25) is 0 Å². The maximum absolute atomic E-state index is 14.9. The Bertz CT molecular complexity index is 951. The van der Waals surface area contributed by atoms with Gasteiger partial charge in [-0.2, -0.15) is 4.99 Å². The molecular weight excluding hydrogens is 377 g/mol. The summed E-state index contributed by atoms with van der Waals surface area (Å²) in [5.74, 6) is 6.47. The van der Waals surface area contributed by atoms with Gasteiger partial charge < -0.3 is 0 Å². The maximum Gasteiger partial charge on any atom is 0.142 e. The van der Waals surface area contributed by atoms with E-state index in [9.17, 15) is 4.39 Å². The van der Waals surface area contributed by atoms with E-state index < -0.39 is 0 Å². The van der Waals surface area contributed by atoms with E-state index in [1.807, 2.05) is 6.07 Å². The fourth-order valence-corrected chi connectivity index (χ4v) is 3.91. The quantitative estimate of drug-likeness (QED) is 0.310. The zero-order valence-electron chi connectivity index (χ0n) is 15.3. The molecular formula is C23H21ClFNS. The van der Waals surface area contributed by atoms with Crippen LogP contribution in [0.15, 0.2) is 35.3 Å². The lowest BCUT2D eigenvalue weighted by Crippen LogP contribution is -2.16. The van der Waals surface area contributed by atoms with Crippen LogP contribution in [0.3, 0.4) is 0 Å². The fourth-order valence-electron chi connectivity index (χ4n) is 3.58. The van der Waals surface area contributed by atoms with Crippen LogP contribution in [0.2, 0.25) is 5.02 Å². The molecule has 0 fully saturated rings. The Kier molecular flexibility index (Phi) is 6.80. The van der Waals surface area contributed by atoms with Crippen molar-refractivity contribution in [1.29, 1.82) is 0 Å². The first-order valence-electron chi connectivity index (χ1n) is 9.32. The van der Waals surface area contributed by atoms with Gasteiger partial charge in [-0.15, -0.1) is 0 Å². The second-order valence-corrected chi connectivity index (χ2v) is 7.52. The van der Waals surface area contributed by atoms with Crippen molar-refractivity contribution in [3.8, 4) is 11.8 Å². The lowest BCUT2D eigenvalue weighted by Gasteiger charge is -2.25. The molecule has 0 spiro atoms. The predicted molar refractivity (Wildman–Crippen MR) is 114 cm³/mol. The Morgan fingerprint density at radius 2 is 2.11 bits per heavy atom. The van der Waals surface area contributed by atoms with Crippen LogP contribution < -0.4 is 0 Å². The maximum atomic E-state index is 14.9.